The van der Waals surface area contributed by atoms with Crippen LogP contribution in [0.4, 0.5) is 11.4 Å². The second-order valence-electron chi connectivity index (χ2n) is 7.42. The Morgan fingerprint density at radius 3 is 1.90 bits per heavy atom. The zero-order chi connectivity index (χ0) is 21.6. The van der Waals surface area contributed by atoms with Crippen LogP contribution >= 0.6 is 0 Å². The number of fused-ring (bicyclic) bond motifs is 3. The number of hydrogen-bond acceptors (Lipinski definition) is 6. The maximum absolute atomic E-state index is 13.1. The third-order valence-electron chi connectivity index (χ3n) is 4.81. The molecule has 3 rings (SSSR count). The summed E-state index contributed by atoms with van der Waals surface area (Å²) < 4.78 is 0. The number of rotatable bonds is 6. The molecule has 0 unspecified atom stereocenters. The molecule has 9 heteroatoms. The summed E-state index contributed by atoms with van der Waals surface area (Å²) in [6, 6.07) is 6.57. The van der Waals surface area contributed by atoms with E-state index >= 15 is 0 Å². The lowest BCUT2D eigenvalue weighted by Gasteiger charge is -2.14. The van der Waals surface area contributed by atoms with E-state index in [0.717, 1.165) is 0 Å². The second-order valence-corrected chi connectivity index (χ2v) is 7.42. The molecule has 1 heterocycles. The Morgan fingerprint density at radius 1 is 0.862 bits per heavy atom. The highest BCUT2D eigenvalue weighted by Crippen LogP contribution is 2.45. The lowest BCUT2D eigenvalue weighted by molar-refractivity contribution is -0.421. The molecule has 3 aromatic rings. The largest absolute Gasteiger partial charge is 0.358 e. The quantitative estimate of drug-likeness (QED) is 0.360. The van der Waals surface area contributed by atoms with E-state index in [-0.39, 0.29) is 16.5 Å². The minimum Gasteiger partial charge on any atom is -0.354 e. The SMILES string of the molecule is CC(C)C(=O)c1c([N+](=O)[O-])c([N+](=O)[O-])c2c([nH]c3ccccc32)c1C(=O)C(C)C. The number of aromatic amines is 1. The minimum absolute atomic E-state index is 0.0402. The van der Waals surface area contributed by atoms with Crippen LogP contribution in [-0.2, 0) is 0 Å². The molecule has 2 aromatic carbocycles. The summed E-state index contributed by atoms with van der Waals surface area (Å²) in [7, 11) is 0. The Balaban J connectivity index is 2.74. The average Bonchev–Trinajstić information content (AvgIpc) is 3.03. The number of ketones is 2. The smallest absolute Gasteiger partial charge is 0.354 e. The Kier molecular flexibility index (Phi) is 4.91. The van der Waals surface area contributed by atoms with Gasteiger partial charge in [-0.1, -0.05) is 45.9 Å². The van der Waals surface area contributed by atoms with Gasteiger partial charge in [-0.3, -0.25) is 29.8 Å². The lowest BCUT2D eigenvalue weighted by atomic mass is 9.87. The fraction of sp³-hybridized carbons (Fsp3) is 0.300. The van der Waals surface area contributed by atoms with Crippen molar-refractivity contribution in [3.05, 3.63) is 55.6 Å². The fourth-order valence-electron chi connectivity index (χ4n) is 3.47. The molecule has 0 saturated carbocycles. The molecule has 0 radical (unpaired) electrons. The van der Waals surface area contributed by atoms with Gasteiger partial charge < -0.3 is 4.98 Å². The number of aromatic nitrogens is 1. The molecule has 0 amide bonds. The van der Waals surface area contributed by atoms with E-state index in [1.165, 1.54) is 13.8 Å². The molecule has 0 aliphatic carbocycles. The van der Waals surface area contributed by atoms with E-state index in [0.29, 0.717) is 10.9 Å². The number of nitro groups is 2. The molecular formula is C20H19N3O6. The van der Waals surface area contributed by atoms with Crippen LogP contribution in [-0.4, -0.2) is 26.4 Å². The molecule has 0 saturated heterocycles. The van der Waals surface area contributed by atoms with Crippen molar-refractivity contribution in [3.8, 4) is 0 Å². The first-order chi connectivity index (χ1) is 13.6. The molecule has 29 heavy (non-hydrogen) atoms. The van der Waals surface area contributed by atoms with Crippen molar-refractivity contribution < 1.29 is 19.4 Å². The van der Waals surface area contributed by atoms with Gasteiger partial charge in [0.15, 0.2) is 11.6 Å². The van der Waals surface area contributed by atoms with E-state index in [4.69, 9.17) is 0 Å². The van der Waals surface area contributed by atoms with Crippen molar-refractivity contribution >= 4 is 44.7 Å². The van der Waals surface area contributed by atoms with Crippen molar-refractivity contribution in [1.82, 2.24) is 4.98 Å². The van der Waals surface area contributed by atoms with Crippen molar-refractivity contribution in [2.75, 3.05) is 0 Å². The number of nitro benzene ring substituents is 2. The molecule has 0 fully saturated rings. The monoisotopic (exact) mass is 397 g/mol. The highest BCUT2D eigenvalue weighted by atomic mass is 16.6. The number of H-pyrrole nitrogens is 1. The van der Waals surface area contributed by atoms with E-state index in [1.807, 2.05) is 0 Å². The Bertz CT molecular complexity index is 1210. The first kappa shape index (κ1) is 20.1. The predicted octanol–water partition coefficient (Wildman–Crippen LogP) is 4.81. The number of carbonyl (C=O) groups excluding carboxylic acids is 2. The Labute approximate surface area is 165 Å². The van der Waals surface area contributed by atoms with Gasteiger partial charge in [-0.05, 0) is 6.07 Å². The van der Waals surface area contributed by atoms with Gasteiger partial charge in [0.2, 0.25) is 0 Å². The van der Waals surface area contributed by atoms with Crippen LogP contribution in [0.5, 0.6) is 0 Å². The van der Waals surface area contributed by atoms with Crippen LogP contribution in [0.1, 0.15) is 48.4 Å². The van der Waals surface area contributed by atoms with Crippen molar-refractivity contribution in [2.24, 2.45) is 11.8 Å². The molecule has 0 spiro atoms. The van der Waals surface area contributed by atoms with E-state index in [2.05, 4.69) is 4.98 Å². The van der Waals surface area contributed by atoms with Gasteiger partial charge in [-0.15, -0.1) is 0 Å². The Morgan fingerprint density at radius 2 is 1.38 bits per heavy atom. The zero-order valence-corrected chi connectivity index (χ0v) is 16.3. The second kappa shape index (κ2) is 7.08. The zero-order valence-electron chi connectivity index (χ0n) is 16.3. The first-order valence-electron chi connectivity index (χ1n) is 9.05. The fourth-order valence-corrected chi connectivity index (χ4v) is 3.47. The van der Waals surface area contributed by atoms with Crippen LogP contribution in [0.25, 0.3) is 21.8 Å². The van der Waals surface area contributed by atoms with Crippen molar-refractivity contribution in [3.63, 3.8) is 0 Å². The van der Waals surface area contributed by atoms with E-state index < -0.39 is 50.2 Å². The molecule has 0 atom stereocenters. The summed E-state index contributed by atoms with van der Waals surface area (Å²) in [5.41, 5.74) is -1.84. The van der Waals surface area contributed by atoms with Gasteiger partial charge in [-0.25, -0.2) is 0 Å². The standard InChI is InChI=1S/C20H19N3O6/c1-9(2)19(24)14-15(20(25)10(3)4)18(23(28)29)17(22(26)27)13-11-7-5-6-8-12(11)21-16(13)14/h5-10,21H,1-4H3. The molecule has 0 bridgehead atoms. The van der Waals surface area contributed by atoms with Crippen molar-refractivity contribution in [2.45, 2.75) is 27.7 Å². The van der Waals surface area contributed by atoms with Crippen LogP contribution in [0.2, 0.25) is 0 Å². The summed E-state index contributed by atoms with van der Waals surface area (Å²) >= 11 is 0. The molecule has 9 nitrogen and oxygen atoms in total. The maximum atomic E-state index is 13.1. The molecule has 1 aromatic heterocycles. The Hall–Kier alpha value is -3.62. The van der Waals surface area contributed by atoms with Gasteiger partial charge in [0.1, 0.15) is 5.56 Å². The van der Waals surface area contributed by atoms with E-state index in [1.54, 1.807) is 38.1 Å². The summed E-state index contributed by atoms with van der Waals surface area (Å²) in [5.74, 6) is -2.47. The van der Waals surface area contributed by atoms with Gasteiger partial charge >= 0.3 is 11.4 Å². The van der Waals surface area contributed by atoms with Crippen LogP contribution in [0.3, 0.4) is 0 Å². The topological polar surface area (TPSA) is 136 Å². The maximum Gasteiger partial charge on any atom is 0.358 e. The highest BCUT2D eigenvalue weighted by molar-refractivity contribution is 6.26. The average molecular weight is 397 g/mol. The summed E-state index contributed by atoms with van der Waals surface area (Å²) in [5, 5.41) is 24.2. The van der Waals surface area contributed by atoms with Crippen LogP contribution in [0, 0.1) is 32.1 Å². The van der Waals surface area contributed by atoms with Gasteiger partial charge in [0.05, 0.1) is 26.3 Å². The number of carbonyl (C=O) groups is 2. The number of para-hydroxylation sites is 1. The number of hydrogen-bond donors (Lipinski definition) is 1. The normalized spacial score (nSPS) is 11.5. The molecule has 0 aliphatic heterocycles. The number of benzene rings is 2. The van der Waals surface area contributed by atoms with Crippen molar-refractivity contribution in [1.29, 1.82) is 0 Å². The van der Waals surface area contributed by atoms with Gasteiger partial charge in [0.25, 0.3) is 0 Å². The third kappa shape index (κ3) is 3.04. The first-order valence-corrected chi connectivity index (χ1v) is 9.05. The molecule has 0 aliphatic rings. The van der Waals surface area contributed by atoms with Gasteiger partial charge in [0, 0.05) is 22.7 Å². The third-order valence-corrected chi connectivity index (χ3v) is 4.81. The number of Topliss-reactive ketones (excluding diaryl/α,β-unsaturated/α-hetero) is 2. The molecular weight excluding hydrogens is 378 g/mol. The highest BCUT2D eigenvalue weighted by Gasteiger charge is 2.42. The molecule has 1 N–H and O–H groups in total. The summed E-state index contributed by atoms with van der Waals surface area (Å²) in [4.78, 5) is 51.1. The summed E-state index contributed by atoms with van der Waals surface area (Å²) in [6.07, 6.45) is 0. The lowest BCUT2D eigenvalue weighted by Crippen LogP contribution is -2.20. The van der Waals surface area contributed by atoms with Crippen LogP contribution in [0.15, 0.2) is 24.3 Å². The minimum atomic E-state index is -0.938. The predicted molar refractivity (Wildman–Crippen MR) is 107 cm³/mol. The number of nitrogens with zero attached hydrogens (tertiary/aromatic N) is 2. The molecule has 150 valence electrons. The number of nitrogens with one attached hydrogen (secondary N) is 1. The van der Waals surface area contributed by atoms with Gasteiger partial charge in [-0.2, -0.15) is 0 Å². The van der Waals surface area contributed by atoms with E-state index in [9.17, 15) is 29.8 Å². The van der Waals surface area contributed by atoms with Crippen LogP contribution < -0.4 is 0 Å². The summed E-state index contributed by atoms with van der Waals surface area (Å²) in [6.45, 7) is 6.26.